The van der Waals surface area contributed by atoms with Gasteiger partial charge in [0, 0.05) is 11.4 Å². The first-order chi connectivity index (χ1) is 6.70. The van der Waals surface area contributed by atoms with Gasteiger partial charge in [-0.3, -0.25) is 9.19 Å². The third-order valence-corrected chi connectivity index (χ3v) is 4.32. The summed E-state index contributed by atoms with van der Waals surface area (Å²) in [5, 5.41) is 0.194. The molecule has 14 heavy (non-hydrogen) atoms. The van der Waals surface area contributed by atoms with Gasteiger partial charge in [-0.05, 0) is 18.9 Å². The van der Waals surface area contributed by atoms with Crippen LogP contribution in [0.15, 0.2) is 23.4 Å². The summed E-state index contributed by atoms with van der Waals surface area (Å²) in [6, 6.07) is 1.74. The highest BCUT2D eigenvalue weighted by atomic mass is 32.2. The van der Waals surface area contributed by atoms with Gasteiger partial charge in [-0.25, -0.2) is 0 Å². The maximum absolute atomic E-state index is 12.0. The summed E-state index contributed by atoms with van der Waals surface area (Å²) in [4.78, 5) is 4.60. The summed E-state index contributed by atoms with van der Waals surface area (Å²) < 4.78 is 12.0. The average Bonchev–Trinajstić information content (AvgIpc) is 2.20. The van der Waals surface area contributed by atoms with Gasteiger partial charge in [0.25, 0.3) is 0 Å². The molecule has 0 aromatic carbocycles. The topological polar surface area (TPSA) is 56.0 Å². The summed E-state index contributed by atoms with van der Waals surface area (Å²) in [5.41, 5.74) is 6.24. The number of anilines is 1. The van der Waals surface area contributed by atoms with E-state index in [0.29, 0.717) is 10.6 Å². The van der Waals surface area contributed by atoms with E-state index in [9.17, 15) is 4.21 Å². The molecule has 1 atom stereocenters. The molecular formula is C10H16N2OS. The monoisotopic (exact) mass is 212 g/mol. The van der Waals surface area contributed by atoms with E-state index in [1.807, 2.05) is 13.8 Å². The van der Waals surface area contributed by atoms with E-state index in [2.05, 4.69) is 4.98 Å². The number of hydrogen-bond acceptors (Lipinski definition) is 3. The zero-order valence-electron chi connectivity index (χ0n) is 8.56. The van der Waals surface area contributed by atoms with Gasteiger partial charge >= 0.3 is 0 Å². The molecule has 1 rings (SSSR count). The summed E-state index contributed by atoms with van der Waals surface area (Å²) in [7, 11) is -0.998. The molecule has 4 heteroatoms. The first-order valence-electron chi connectivity index (χ1n) is 4.80. The van der Waals surface area contributed by atoms with Gasteiger partial charge in [0.1, 0.15) is 0 Å². The summed E-state index contributed by atoms with van der Waals surface area (Å²) in [5.74, 6) is 0. The Morgan fingerprint density at radius 1 is 1.50 bits per heavy atom. The maximum atomic E-state index is 12.0. The first kappa shape index (κ1) is 11.2. The molecule has 0 saturated heterocycles. The van der Waals surface area contributed by atoms with Crippen LogP contribution in [-0.4, -0.2) is 14.4 Å². The van der Waals surface area contributed by atoms with Gasteiger partial charge in [0.05, 0.1) is 27.6 Å². The quantitative estimate of drug-likeness (QED) is 0.830. The van der Waals surface area contributed by atoms with Crippen molar-refractivity contribution in [2.45, 2.75) is 36.8 Å². The summed E-state index contributed by atoms with van der Waals surface area (Å²) in [6.45, 7) is 4.09. The van der Waals surface area contributed by atoms with Crippen LogP contribution in [0.2, 0.25) is 0 Å². The fourth-order valence-electron chi connectivity index (χ4n) is 1.35. The van der Waals surface area contributed by atoms with Crippen LogP contribution in [0.1, 0.15) is 26.7 Å². The van der Waals surface area contributed by atoms with E-state index >= 15 is 0 Å². The lowest BCUT2D eigenvalue weighted by Gasteiger charge is -2.13. The lowest BCUT2D eigenvalue weighted by molar-refractivity contribution is 0.658. The molecule has 0 bridgehead atoms. The van der Waals surface area contributed by atoms with Gasteiger partial charge in [-0.2, -0.15) is 0 Å². The number of nitrogens with two attached hydrogens (primary N) is 1. The Hall–Kier alpha value is -0.900. The van der Waals surface area contributed by atoms with Crippen LogP contribution in [-0.2, 0) is 10.8 Å². The smallest absolute Gasteiger partial charge is 0.0664 e. The molecule has 0 radical (unpaired) electrons. The lowest BCUT2D eigenvalue weighted by atomic mass is 10.3. The minimum absolute atomic E-state index is 0.194. The second-order valence-corrected chi connectivity index (χ2v) is 4.85. The summed E-state index contributed by atoms with van der Waals surface area (Å²) in [6.07, 6.45) is 5.00. The Bertz CT molecular complexity index is 324. The Kier molecular flexibility index (Phi) is 4.07. The Balaban J connectivity index is 2.94. The van der Waals surface area contributed by atoms with Crippen molar-refractivity contribution in [1.29, 1.82) is 0 Å². The van der Waals surface area contributed by atoms with Crippen molar-refractivity contribution < 1.29 is 4.21 Å². The molecule has 0 saturated carbocycles. The largest absolute Gasteiger partial charge is 0.396 e. The molecule has 0 aliphatic rings. The number of nitrogen functional groups attached to an aromatic ring is 1. The highest BCUT2D eigenvalue weighted by Gasteiger charge is 2.16. The van der Waals surface area contributed by atoms with E-state index in [1.54, 1.807) is 18.5 Å². The van der Waals surface area contributed by atoms with Crippen LogP contribution in [0.4, 0.5) is 5.69 Å². The summed E-state index contributed by atoms with van der Waals surface area (Å²) >= 11 is 0. The van der Waals surface area contributed by atoms with E-state index in [4.69, 9.17) is 5.73 Å². The molecule has 1 aromatic rings. The highest BCUT2D eigenvalue weighted by Crippen LogP contribution is 2.20. The molecule has 2 N–H and O–H groups in total. The Morgan fingerprint density at radius 3 is 2.64 bits per heavy atom. The van der Waals surface area contributed by atoms with Crippen molar-refractivity contribution in [1.82, 2.24) is 4.98 Å². The third kappa shape index (κ3) is 2.32. The molecule has 0 aliphatic carbocycles. The van der Waals surface area contributed by atoms with Gasteiger partial charge in [-0.1, -0.05) is 13.8 Å². The molecule has 0 amide bonds. The maximum Gasteiger partial charge on any atom is 0.0664 e. The Morgan fingerprint density at radius 2 is 2.14 bits per heavy atom. The van der Waals surface area contributed by atoms with Crippen molar-refractivity contribution in [2.75, 3.05) is 5.73 Å². The van der Waals surface area contributed by atoms with Gasteiger partial charge in [0.2, 0.25) is 0 Å². The van der Waals surface area contributed by atoms with E-state index in [1.165, 1.54) is 0 Å². The SMILES string of the molecule is CCC(CC)S(=O)c1ccncc1N. The van der Waals surface area contributed by atoms with Crippen molar-refractivity contribution in [3.05, 3.63) is 18.5 Å². The fourth-order valence-corrected chi connectivity index (χ4v) is 2.79. The molecule has 3 nitrogen and oxygen atoms in total. The van der Waals surface area contributed by atoms with Crippen molar-refractivity contribution in [2.24, 2.45) is 0 Å². The third-order valence-electron chi connectivity index (χ3n) is 2.24. The van der Waals surface area contributed by atoms with Crippen molar-refractivity contribution >= 4 is 16.5 Å². The van der Waals surface area contributed by atoms with Gasteiger partial charge in [-0.15, -0.1) is 0 Å². The molecule has 1 aromatic heterocycles. The zero-order chi connectivity index (χ0) is 10.6. The van der Waals surface area contributed by atoms with E-state index < -0.39 is 10.8 Å². The lowest BCUT2D eigenvalue weighted by Crippen LogP contribution is -2.14. The van der Waals surface area contributed by atoms with Crippen LogP contribution in [0, 0.1) is 0 Å². The predicted octanol–water partition coefficient (Wildman–Crippen LogP) is 1.96. The highest BCUT2D eigenvalue weighted by molar-refractivity contribution is 7.85. The first-order valence-corrected chi connectivity index (χ1v) is 6.02. The minimum atomic E-state index is -0.998. The molecular weight excluding hydrogens is 196 g/mol. The molecule has 1 heterocycles. The molecule has 78 valence electrons. The predicted molar refractivity (Wildman–Crippen MR) is 59.4 cm³/mol. The number of hydrogen-bond donors (Lipinski definition) is 1. The standard InChI is InChI=1S/C10H16N2OS/c1-3-8(4-2)14(13)10-5-6-12-7-9(10)11/h5-8H,3-4,11H2,1-2H3. The van der Waals surface area contributed by atoms with Crippen molar-refractivity contribution in [3.63, 3.8) is 0 Å². The number of aromatic nitrogens is 1. The Labute approximate surface area is 87.2 Å². The van der Waals surface area contributed by atoms with Crippen LogP contribution in [0.25, 0.3) is 0 Å². The van der Waals surface area contributed by atoms with Crippen LogP contribution in [0.5, 0.6) is 0 Å². The van der Waals surface area contributed by atoms with E-state index in [-0.39, 0.29) is 5.25 Å². The van der Waals surface area contributed by atoms with Crippen molar-refractivity contribution in [3.8, 4) is 0 Å². The molecule has 1 unspecified atom stereocenters. The van der Waals surface area contributed by atoms with Crippen LogP contribution >= 0.6 is 0 Å². The normalized spacial score (nSPS) is 13.1. The second kappa shape index (κ2) is 5.10. The number of pyridine rings is 1. The second-order valence-electron chi connectivity index (χ2n) is 3.15. The average molecular weight is 212 g/mol. The molecule has 0 spiro atoms. The van der Waals surface area contributed by atoms with E-state index in [0.717, 1.165) is 12.8 Å². The van der Waals surface area contributed by atoms with Crippen LogP contribution in [0.3, 0.4) is 0 Å². The minimum Gasteiger partial charge on any atom is -0.396 e. The number of nitrogens with zero attached hydrogens (tertiary/aromatic N) is 1. The zero-order valence-corrected chi connectivity index (χ0v) is 9.38. The van der Waals surface area contributed by atoms with Crippen LogP contribution < -0.4 is 5.73 Å². The molecule has 0 aliphatic heterocycles. The van der Waals surface area contributed by atoms with Gasteiger partial charge < -0.3 is 5.73 Å². The molecule has 0 fully saturated rings. The fraction of sp³-hybridized carbons (Fsp3) is 0.500. The number of rotatable bonds is 4. The van der Waals surface area contributed by atoms with Gasteiger partial charge in [0.15, 0.2) is 0 Å².